The minimum atomic E-state index is 0.226. The van der Waals surface area contributed by atoms with Crippen LogP contribution in [0.5, 0.6) is 5.75 Å². The van der Waals surface area contributed by atoms with E-state index < -0.39 is 0 Å². The van der Waals surface area contributed by atoms with Gasteiger partial charge in [-0.1, -0.05) is 38.8 Å². The molecule has 0 aromatic heterocycles. The Kier molecular flexibility index (Phi) is 4.94. The topological polar surface area (TPSA) is 33.0 Å². The van der Waals surface area contributed by atoms with Gasteiger partial charge in [-0.15, -0.1) is 0 Å². The van der Waals surface area contributed by atoms with Gasteiger partial charge in [0.2, 0.25) is 0 Å². The van der Waals surface area contributed by atoms with E-state index in [1.807, 2.05) is 6.07 Å². The third-order valence-electron chi connectivity index (χ3n) is 4.30. The van der Waals surface area contributed by atoms with E-state index in [-0.39, 0.29) is 6.10 Å². The third-order valence-corrected chi connectivity index (χ3v) is 4.60. The molecule has 20 heavy (non-hydrogen) atoms. The first-order valence-corrected chi connectivity index (χ1v) is 7.75. The van der Waals surface area contributed by atoms with Gasteiger partial charge in [-0.3, -0.25) is 0 Å². The predicted octanol–water partition coefficient (Wildman–Crippen LogP) is 5.05. The zero-order chi connectivity index (χ0) is 14.7. The van der Waals surface area contributed by atoms with Crippen LogP contribution in [0, 0.1) is 29.1 Å². The number of nitrogens with zero attached hydrogens (tertiary/aromatic N) is 1. The van der Waals surface area contributed by atoms with Crippen LogP contribution in [0.3, 0.4) is 0 Å². The van der Waals surface area contributed by atoms with Crippen LogP contribution in [0.1, 0.15) is 45.6 Å². The van der Waals surface area contributed by atoms with E-state index >= 15 is 0 Å². The summed E-state index contributed by atoms with van der Waals surface area (Å²) in [5, 5.41) is 9.41. The van der Waals surface area contributed by atoms with E-state index in [1.54, 1.807) is 12.1 Å². The van der Waals surface area contributed by atoms with Gasteiger partial charge < -0.3 is 4.74 Å². The van der Waals surface area contributed by atoms with Gasteiger partial charge in [0.1, 0.15) is 11.9 Å². The number of halogens is 1. The van der Waals surface area contributed by atoms with Crippen molar-refractivity contribution in [3.8, 4) is 11.8 Å². The van der Waals surface area contributed by atoms with Crippen molar-refractivity contribution >= 4 is 11.6 Å². The average molecular weight is 292 g/mol. The number of rotatable bonds is 3. The Morgan fingerprint density at radius 2 is 2.10 bits per heavy atom. The highest BCUT2D eigenvalue weighted by molar-refractivity contribution is 6.32. The maximum absolute atomic E-state index is 8.87. The van der Waals surface area contributed by atoms with Crippen molar-refractivity contribution in [3.05, 3.63) is 28.8 Å². The van der Waals surface area contributed by atoms with Crippen molar-refractivity contribution in [1.29, 1.82) is 5.26 Å². The molecule has 2 nitrogen and oxygen atoms in total. The Balaban J connectivity index is 2.16. The van der Waals surface area contributed by atoms with Crippen molar-refractivity contribution in [3.63, 3.8) is 0 Å². The highest BCUT2D eigenvalue weighted by Gasteiger charge is 2.32. The van der Waals surface area contributed by atoms with Gasteiger partial charge >= 0.3 is 0 Å². The normalized spacial score (nSPS) is 26.3. The van der Waals surface area contributed by atoms with Crippen LogP contribution >= 0.6 is 11.6 Å². The van der Waals surface area contributed by atoms with Crippen LogP contribution in [0.2, 0.25) is 5.02 Å². The first-order chi connectivity index (χ1) is 9.51. The van der Waals surface area contributed by atoms with Gasteiger partial charge in [0.15, 0.2) is 0 Å². The Bertz CT molecular complexity index is 506. The second kappa shape index (κ2) is 6.50. The molecule has 3 atom stereocenters. The lowest BCUT2D eigenvalue weighted by Gasteiger charge is -2.37. The van der Waals surface area contributed by atoms with Gasteiger partial charge in [-0.25, -0.2) is 0 Å². The van der Waals surface area contributed by atoms with Crippen molar-refractivity contribution < 1.29 is 4.74 Å². The molecule has 1 aliphatic rings. The molecule has 1 aromatic carbocycles. The molecule has 3 unspecified atom stereocenters. The number of hydrogen-bond acceptors (Lipinski definition) is 2. The molecule has 0 saturated heterocycles. The summed E-state index contributed by atoms with van der Waals surface area (Å²) in [6.45, 7) is 6.81. The molecular weight excluding hydrogens is 270 g/mol. The molecule has 0 aliphatic heterocycles. The fourth-order valence-electron chi connectivity index (χ4n) is 3.08. The molecule has 3 heteroatoms. The second-order valence-electron chi connectivity index (χ2n) is 6.24. The first kappa shape index (κ1) is 15.2. The molecule has 1 fully saturated rings. The molecule has 1 aliphatic carbocycles. The Hall–Kier alpha value is -1.20. The number of ether oxygens (including phenoxy) is 1. The van der Waals surface area contributed by atoms with Crippen LogP contribution in [0.25, 0.3) is 0 Å². The van der Waals surface area contributed by atoms with Crippen LogP contribution in [-0.4, -0.2) is 6.10 Å². The molecule has 108 valence electrons. The van der Waals surface area contributed by atoms with E-state index in [9.17, 15) is 0 Å². The second-order valence-corrected chi connectivity index (χ2v) is 6.65. The lowest BCUT2D eigenvalue weighted by Crippen LogP contribution is -2.36. The fourth-order valence-corrected chi connectivity index (χ4v) is 3.30. The zero-order valence-electron chi connectivity index (χ0n) is 12.4. The van der Waals surface area contributed by atoms with E-state index in [0.29, 0.717) is 34.1 Å². The summed E-state index contributed by atoms with van der Waals surface area (Å²) in [6.07, 6.45) is 3.81. The molecule has 1 aromatic rings. The Morgan fingerprint density at radius 3 is 2.70 bits per heavy atom. The summed E-state index contributed by atoms with van der Waals surface area (Å²) in [4.78, 5) is 0. The van der Waals surface area contributed by atoms with Gasteiger partial charge in [0.25, 0.3) is 0 Å². The first-order valence-electron chi connectivity index (χ1n) is 7.37. The maximum Gasteiger partial charge on any atom is 0.138 e. The highest BCUT2D eigenvalue weighted by atomic mass is 35.5. The number of nitriles is 1. The minimum Gasteiger partial charge on any atom is -0.489 e. The van der Waals surface area contributed by atoms with E-state index in [0.717, 1.165) is 6.42 Å². The standard InChI is InChI=1S/C17H22ClNO/c1-11(2)14-6-4-12(3)8-17(14)20-16-7-5-13(10-19)9-15(16)18/h5,7,9,11-12,14,17H,4,6,8H2,1-3H3. The van der Waals surface area contributed by atoms with Gasteiger partial charge in [-0.05, 0) is 48.8 Å². The number of hydrogen-bond donors (Lipinski definition) is 0. The predicted molar refractivity (Wildman–Crippen MR) is 81.9 cm³/mol. The van der Waals surface area contributed by atoms with Crippen molar-refractivity contribution in [2.75, 3.05) is 0 Å². The van der Waals surface area contributed by atoms with Crippen molar-refractivity contribution in [2.45, 2.75) is 46.1 Å². The quantitative estimate of drug-likeness (QED) is 0.780. The molecule has 0 radical (unpaired) electrons. The summed E-state index contributed by atoms with van der Waals surface area (Å²) in [6, 6.07) is 7.35. The monoisotopic (exact) mass is 291 g/mol. The maximum atomic E-state index is 8.87. The van der Waals surface area contributed by atoms with Crippen LogP contribution in [0.15, 0.2) is 18.2 Å². The smallest absolute Gasteiger partial charge is 0.138 e. The molecule has 0 N–H and O–H groups in total. The van der Waals surface area contributed by atoms with Gasteiger partial charge in [0.05, 0.1) is 16.7 Å². The van der Waals surface area contributed by atoms with Crippen LogP contribution in [-0.2, 0) is 0 Å². The van der Waals surface area contributed by atoms with Gasteiger partial charge in [-0.2, -0.15) is 5.26 Å². The number of benzene rings is 1. The Morgan fingerprint density at radius 1 is 1.35 bits per heavy atom. The molecule has 1 saturated carbocycles. The highest BCUT2D eigenvalue weighted by Crippen LogP contribution is 2.37. The van der Waals surface area contributed by atoms with Crippen molar-refractivity contribution in [2.24, 2.45) is 17.8 Å². The molecule has 2 rings (SSSR count). The molecule has 0 heterocycles. The fraction of sp³-hybridized carbons (Fsp3) is 0.588. The largest absolute Gasteiger partial charge is 0.489 e. The molecule has 0 spiro atoms. The molecule has 0 bridgehead atoms. The lowest BCUT2D eigenvalue weighted by molar-refractivity contribution is 0.0461. The zero-order valence-corrected chi connectivity index (χ0v) is 13.2. The van der Waals surface area contributed by atoms with E-state index in [4.69, 9.17) is 21.6 Å². The van der Waals surface area contributed by atoms with E-state index in [2.05, 4.69) is 26.8 Å². The summed E-state index contributed by atoms with van der Waals surface area (Å²) >= 11 is 6.21. The SMILES string of the molecule is CC1CCC(C(C)C)C(Oc2ccc(C#N)cc2Cl)C1. The summed E-state index contributed by atoms with van der Waals surface area (Å²) in [5.41, 5.74) is 0.569. The lowest BCUT2D eigenvalue weighted by atomic mass is 9.75. The summed E-state index contributed by atoms with van der Waals surface area (Å²) in [5.74, 6) is 2.60. The third kappa shape index (κ3) is 3.46. The van der Waals surface area contributed by atoms with Gasteiger partial charge in [0, 0.05) is 0 Å². The Labute approximate surface area is 126 Å². The average Bonchev–Trinajstić information content (AvgIpc) is 2.40. The molecule has 0 amide bonds. The molecular formula is C17H22ClNO. The summed E-state index contributed by atoms with van der Waals surface area (Å²) in [7, 11) is 0. The summed E-state index contributed by atoms with van der Waals surface area (Å²) < 4.78 is 6.19. The van der Waals surface area contributed by atoms with E-state index in [1.165, 1.54) is 12.8 Å². The van der Waals surface area contributed by atoms with Crippen LogP contribution < -0.4 is 4.74 Å². The van der Waals surface area contributed by atoms with Crippen molar-refractivity contribution in [1.82, 2.24) is 0 Å². The minimum absolute atomic E-state index is 0.226. The van der Waals surface area contributed by atoms with Crippen LogP contribution in [0.4, 0.5) is 0 Å².